The third kappa shape index (κ3) is 5.11. The van der Waals surface area contributed by atoms with Gasteiger partial charge in [-0.3, -0.25) is 4.79 Å². The van der Waals surface area contributed by atoms with Crippen molar-refractivity contribution in [2.24, 2.45) is 5.92 Å². The van der Waals surface area contributed by atoms with Gasteiger partial charge in [0.1, 0.15) is 0 Å². The fraction of sp³-hybridized carbons (Fsp3) is 0.435. The molecule has 2 aromatic carbocycles. The molecule has 0 amide bonds. The van der Waals surface area contributed by atoms with Gasteiger partial charge < -0.3 is 4.90 Å². The monoisotopic (exact) mass is 448 g/mol. The molecule has 2 aliphatic rings. The van der Waals surface area contributed by atoms with E-state index >= 15 is 0 Å². The Morgan fingerprint density at radius 3 is 2.30 bits per heavy atom. The summed E-state index contributed by atoms with van der Waals surface area (Å²) in [6.07, 6.45) is 4.26. The highest BCUT2D eigenvalue weighted by Gasteiger charge is 2.35. The molecule has 0 aromatic heterocycles. The van der Waals surface area contributed by atoms with E-state index in [1.54, 1.807) is 18.2 Å². The molecule has 30 heavy (non-hydrogen) atoms. The van der Waals surface area contributed by atoms with Crippen molar-refractivity contribution in [2.45, 2.75) is 30.6 Å². The van der Waals surface area contributed by atoms with Crippen molar-refractivity contribution in [1.29, 1.82) is 0 Å². The number of Topliss-reactive ketones (excluding diaryl/α,β-unsaturated/α-hetero) is 1. The summed E-state index contributed by atoms with van der Waals surface area (Å²) in [5.74, 6) is 0.613. The maximum atomic E-state index is 12.8. The first-order chi connectivity index (χ1) is 14.0. The second kappa shape index (κ2) is 10.1. The zero-order valence-corrected chi connectivity index (χ0v) is 18.7. The Labute approximate surface area is 185 Å². The molecule has 5 nitrogen and oxygen atoms in total. The molecule has 2 aromatic rings. The average molecular weight is 449 g/mol. The number of piperidine rings is 1. The van der Waals surface area contributed by atoms with Crippen LogP contribution in [0.5, 0.6) is 0 Å². The topological polar surface area (TPSA) is 57.7 Å². The summed E-state index contributed by atoms with van der Waals surface area (Å²) in [6.45, 7) is 3.35. The van der Waals surface area contributed by atoms with Crippen LogP contribution in [-0.2, 0) is 16.4 Å². The van der Waals surface area contributed by atoms with Gasteiger partial charge >= 0.3 is 0 Å². The fourth-order valence-corrected chi connectivity index (χ4v) is 6.07. The highest BCUT2D eigenvalue weighted by Crippen LogP contribution is 2.26. The zero-order chi connectivity index (χ0) is 20.3. The van der Waals surface area contributed by atoms with Crippen LogP contribution in [0.15, 0.2) is 59.5 Å². The lowest BCUT2D eigenvalue weighted by atomic mass is 9.90. The Hall–Kier alpha value is -1.73. The molecule has 0 atom stereocenters. The van der Waals surface area contributed by atoms with Crippen LogP contribution in [0, 0.1) is 5.92 Å². The standard InChI is InChI=1S/C23H28N2O3S.ClH/c26-22-18-25(29(27,28)23-10-5-4-9-21(22)23)14-6-13-24-15-11-20(12-16-24)17-19-7-2-1-3-8-19;/h1-5,7-10,20H,6,11-18H2;1H. The molecule has 0 spiro atoms. The molecule has 0 saturated carbocycles. The predicted octanol–water partition coefficient (Wildman–Crippen LogP) is 3.64. The number of nitrogens with zero attached hydrogens (tertiary/aromatic N) is 2. The van der Waals surface area contributed by atoms with Gasteiger partial charge in [-0.1, -0.05) is 42.5 Å². The van der Waals surface area contributed by atoms with Crippen molar-refractivity contribution in [1.82, 2.24) is 9.21 Å². The number of halogens is 1. The van der Waals surface area contributed by atoms with E-state index in [0.717, 1.165) is 38.4 Å². The Balaban J connectivity index is 0.00000256. The van der Waals surface area contributed by atoms with E-state index in [1.165, 1.54) is 28.8 Å². The van der Waals surface area contributed by atoms with E-state index in [2.05, 4.69) is 35.2 Å². The summed E-state index contributed by atoms with van der Waals surface area (Å²) in [5.41, 5.74) is 1.73. The SMILES string of the molecule is Cl.O=C1CN(CCCN2CCC(Cc3ccccc3)CC2)S(=O)(=O)c2ccccc21. The molecule has 2 heterocycles. The second-order valence-electron chi connectivity index (χ2n) is 8.09. The van der Waals surface area contributed by atoms with E-state index in [4.69, 9.17) is 0 Å². The van der Waals surface area contributed by atoms with Crippen LogP contribution in [0.4, 0.5) is 0 Å². The van der Waals surface area contributed by atoms with Crippen molar-refractivity contribution >= 4 is 28.2 Å². The molecule has 0 radical (unpaired) electrons. The van der Waals surface area contributed by atoms with E-state index in [1.807, 2.05) is 0 Å². The number of likely N-dealkylation sites (tertiary alicyclic amines) is 1. The summed E-state index contributed by atoms with van der Waals surface area (Å²) >= 11 is 0. The van der Waals surface area contributed by atoms with Gasteiger partial charge in [0.05, 0.1) is 11.4 Å². The maximum absolute atomic E-state index is 12.8. The molecule has 0 aliphatic carbocycles. The minimum atomic E-state index is -3.57. The van der Waals surface area contributed by atoms with Gasteiger partial charge in [-0.15, -0.1) is 12.4 Å². The van der Waals surface area contributed by atoms with Crippen LogP contribution >= 0.6 is 12.4 Å². The average Bonchev–Trinajstić information content (AvgIpc) is 2.74. The van der Waals surface area contributed by atoms with Gasteiger partial charge in [0, 0.05) is 12.1 Å². The van der Waals surface area contributed by atoms with Gasteiger partial charge in [-0.25, -0.2) is 8.42 Å². The fourth-order valence-electron chi connectivity index (χ4n) is 4.42. The Bertz CT molecular complexity index is 957. The maximum Gasteiger partial charge on any atom is 0.244 e. The van der Waals surface area contributed by atoms with Crippen LogP contribution in [0.3, 0.4) is 0 Å². The Kier molecular flexibility index (Phi) is 7.69. The highest BCUT2D eigenvalue weighted by atomic mass is 35.5. The lowest BCUT2D eigenvalue weighted by Crippen LogP contribution is -2.42. The van der Waals surface area contributed by atoms with E-state index in [0.29, 0.717) is 12.1 Å². The van der Waals surface area contributed by atoms with E-state index in [-0.39, 0.29) is 29.6 Å². The van der Waals surface area contributed by atoms with E-state index in [9.17, 15) is 13.2 Å². The third-order valence-electron chi connectivity index (χ3n) is 6.08. The van der Waals surface area contributed by atoms with Gasteiger partial charge in [-0.05, 0) is 68.9 Å². The smallest absolute Gasteiger partial charge is 0.244 e. The van der Waals surface area contributed by atoms with Crippen molar-refractivity contribution in [3.63, 3.8) is 0 Å². The number of carbonyl (C=O) groups is 1. The summed E-state index contributed by atoms with van der Waals surface area (Å²) in [5, 5.41) is 0. The molecule has 1 saturated heterocycles. The molecule has 0 bridgehead atoms. The van der Waals surface area contributed by atoms with Crippen molar-refractivity contribution in [3.05, 3.63) is 65.7 Å². The Morgan fingerprint density at radius 1 is 0.900 bits per heavy atom. The number of benzene rings is 2. The van der Waals surface area contributed by atoms with Gasteiger partial charge in [-0.2, -0.15) is 4.31 Å². The van der Waals surface area contributed by atoms with E-state index < -0.39 is 10.0 Å². The molecule has 162 valence electrons. The molecule has 1 fully saturated rings. The highest BCUT2D eigenvalue weighted by molar-refractivity contribution is 7.89. The second-order valence-corrected chi connectivity index (χ2v) is 9.99. The lowest BCUT2D eigenvalue weighted by Gasteiger charge is -2.33. The van der Waals surface area contributed by atoms with Gasteiger partial charge in [0.15, 0.2) is 5.78 Å². The number of ketones is 1. The number of hydrogen-bond acceptors (Lipinski definition) is 4. The lowest BCUT2D eigenvalue weighted by molar-refractivity contribution is 0.0953. The quantitative estimate of drug-likeness (QED) is 0.677. The molecule has 0 unspecified atom stereocenters. The van der Waals surface area contributed by atoms with Crippen molar-refractivity contribution in [2.75, 3.05) is 32.7 Å². The summed E-state index contributed by atoms with van der Waals surface area (Å²) in [7, 11) is -3.57. The number of sulfonamides is 1. The van der Waals surface area contributed by atoms with Crippen LogP contribution in [0.1, 0.15) is 35.2 Å². The van der Waals surface area contributed by atoms with Crippen molar-refractivity contribution in [3.8, 4) is 0 Å². The number of rotatable bonds is 6. The number of carbonyl (C=O) groups excluding carboxylic acids is 1. The third-order valence-corrected chi connectivity index (χ3v) is 7.98. The number of hydrogen-bond donors (Lipinski definition) is 0. The first-order valence-corrected chi connectivity index (χ1v) is 11.9. The van der Waals surface area contributed by atoms with Crippen LogP contribution in [0.25, 0.3) is 0 Å². The molecular formula is C23H29ClN2O3S. The molecule has 0 N–H and O–H groups in total. The minimum Gasteiger partial charge on any atom is -0.303 e. The zero-order valence-electron chi connectivity index (χ0n) is 17.1. The molecular weight excluding hydrogens is 420 g/mol. The summed E-state index contributed by atoms with van der Waals surface area (Å²) < 4.78 is 27.0. The van der Waals surface area contributed by atoms with Crippen LogP contribution in [0.2, 0.25) is 0 Å². The van der Waals surface area contributed by atoms with Crippen LogP contribution < -0.4 is 0 Å². The minimum absolute atomic E-state index is 0. The molecule has 4 rings (SSSR count). The summed E-state index contributed by atoms with van der Waals surface area (Å²) in [6, 6.07) is 17.2. The Morgan fingerprint density at radius 2 is 1.57 bits per heavy atom. The van der Waals surface area contributed by atoms with Gasteiger partial charge in [0.25, 0.3) is 0 Å². The predicted molar refractivity (Wildman–Crippen MR) is 121 cm³/mol. The first-order valence-electron chi connectivity index (χ1n) is 10.4. The number of fused-ring (bicyclic) bond motifs is 1. The largest absolute Gasteiger partial charge is 0.303 e. The molecule has 7 heteroatoms. The van der Waals surface area contributed by atoms with Crippen LogP contribution in [-0.4, -0.2) is 56.1 Å². The first kappa shape index (κ1) is 22.9. The van der Waals surface area contributed by atoms with Crippen molar-refractivity contribution < 1.29 is 13.2 Å². The molecule has 2 aliphatic heterocycles. The van der Waals surface area contributed by atoms with Gasteiger partial charge in [0.2, 0.25) is 10.0 Å². The summed E-state index contributed by atoms with van der Waals surface area (Å²) in [4.78, 5) is 14.9. The normalized spacial score (nSPS) is 19.8.